The van der Waals surface area contributed by atoms with Crippen LogP contribution in [0, 0.1) is 6.92 Å². The van der Waals surface area contributed by atoms with E-state index in [9.17, 15) is 18.0 Å². The molecule has 1 atom stereocenters. The van der Waals surface area contributed by atoms with Crippen LogP contribution >= 0.6 is 0 Å². The summed E-state index contributed by atoms with van der Waals surface area (Å²) in [5.41, 5.74) is 0.108. The summed E-state index contributed by atoms with van der Waals surface area (Å²) in [7, 11) is 0. The zero-order chi connectivity index (χ0) is 18.9. The molecule has 3 heterocycles. The fourth-order valence-electron chi connectivity index (χ4n) is 2.56. The monoisotopic (exact) mass is 370 g/mol. The van der Waals surface area contributed by atoms with Crippen LogP contribution in [0.1, 0.15) is 30.6 Å². The smallest absolute Gasteiger partial charge is 0.421 e. The topological polar surface area (TPSA) is 94.0 Å². The van der Waals surface area contributed by atoms with Crippen molar-refractivity contribution in [2.45, 2.75) is 32.5 Å². The van der Waals surface area contributed by atoms with Gasteiger partial charge in [-0.05, 0) is 13.8 Å². The van der Waals surface area contributed by atoms with Crippen LogP contribution in [-0.4, -0.2) is 38.9 Å². The first kappa shape index (κ1) is 18.0. The number of hydrogen-bond donors (Lipinski definition) is 2. The van der Waals surface area contributed by atoms with Gasteiger partial charge in [0.05, 0.1) is 18.0 Å². The lowest BCUT2D eigenvalue weighted by Gasteiger charge is -2.13. The molecule has 2 N–H and O–H groups in total. The molecule has 1 aliphatic heterocycles. The fourth-order valence-corrected chi connectivity index (χ4v) is 2.56. The summed E-state index contributed by atoms with van der Waals surface area (Å²) in [6.45, 7) is 3.98. The quantitative estimate of drug-likeness (QED) is 0.782. The van der Waals surface area contributed by atoms with E-state index in [1.54, 1.807) is 20.0 Å². The Morgan fingerprint density at radius 2 is 2.19 bits per heavy atom. The molecule has 3 rings (SSSR count). The molecule has 8 nitrogen and oxygen atoms in total. The van der Waals surface area contributed by atoms with E-state index in [1.807, 2.05) is 0 Å². The minimum atomic E-state index is -4.56. The highest BCUT2D eigenvalue weighted by Crippen LogP contribution is 2.34. The fraction of sp³-hybridized carbons (Fsp3) is 0.467. The highest BCUT2D eigenvalue weighted by Gasteiger charge is 2.35. The second-order valence-corrected chi connectivity index (χ2v) is 5.69. The molecular formula is C15H17F3N6O2. The Hall–Kier alpha value is -2.85. The summed E-state index contributed by atoms with van der Waals surface area (Å²) in [5.74, 6) is -0.674. The lowest BCUT2D eigenvalue weighted by atomic mass is 10.2. The maximum absolute atomic E-state index is 13.0. The van der Waals surface area contributed by atoms with Crippen LogP contribution in [0.4, 0.5) is 30.6 Å². The number of aromatic nitrogens is 4. The lowest BCUT2D eigenvalue weighted by Crippen LogP contribution is -2.14. The van der Waals surface area contributed by atoms with Gasteiger partial charge in [-0.2, -0.15) is 23.3 Å². The largest absolute Gasteiger partial charge is 0.464 e. The van der Waals surface area contributed by atoms with E-state index in [0.717, 1.165) is 6.20 Å². The predicted octanol–water partition coefficient (Wildman–Crippen LogP) is 2.66. The summed E-state index contributed by atoms with van der Waals surface area (Å²) < 4.78 is 45.4. The Bertz CT molecular complexity index is 820. The lowest BCUT2D eigenvalue weighted by molar-refractivity contribution is -0.141. The number of anilines is 3. The summed E-state index contributed by atoms with van der Waals surface area (Å²) in [5, 5.41) is 9.69. The number of alkyl halides is 3. The summed E-state index contributed by atoms with van der Waals surface area (Å²) >= 11 is 0. The average Bonchev–Trinajstić information content (AvgIpc) is 3.13. The van der Waals surface area contributed by atoms with Crippen molar-refractivity contribution in [3.63, 3.8) is 0 Å². The molecule has 2 aromatic heterocycles. The molecule has 0 amide bonds. The summed E-state index contributed by atoms with van der Waals surface area (Å²) in [6, 6.07) is -0.505. The normalized spacial score (nSPS) is 17.3. The first-order chi connectivity index (χ1) is 12.3. The molecule has 1 unspecified atom stereocenters. The van der Waals surface area contributed by atoms with Gasteiger partial charge in [-0.15, -0.1) is 0 Å². The number of carbonyl (C=O) groups is 1. The first-order valence-corrected chi connectivity index (χ1v) is 7.97. The number of esters is 1. The van der Waals surface area contributed by atoms with Crippen molar-refractivity contribution in [1.29, 1.82) is 0 Å². The number of hydrogen-bond acceptors (Lipinski definition) is 7. The molecule has 26 heavy (non-hydrogen) atoms. The van der Waals surface area contributed by atoms with Gasteiger partial charge in [0.1, 0.15) is 11.4 Å². The summed E-state index contributed by atoms with van der Waals surface area (Å²) in [4.78, 5) is 19.3. The minimum Gasteiger partial charge on any atom is -0.464 e. The third kappa shape index (κ3) is 3.55. The number of halogens is 3. The SMILES string of the molecule is CCNc1nc(Nc2cn(C3CCOC3=O)nc2C)ncc1C(F)(F)F. The molecule has 0 radical (unpaired) electrons. The van der Waals surface area contributed by atoms with Crippen LogP contribution in [-0.2, 0) is 15.7 Å². The number of rotatable bonds is 5. The highest BCUT2D eigenvalue weighted by atomic mass is 19.4. The van der Waals surface area contributed by atoms with Crippen molar-refractivity contribution < 1.29 is 22.7 Å². The van der Waals surface area contributed by atoms with Gasteiger partial charge >= 0.3 is 12.1 Å². The molecule has 1 fully saturated rings. The van der Waals surface area contributed by atoms with Crippen LogP contribution in [0.5, 0.6) is 0 Å². The summed E-state index contributed by atoms with van der Waals surface area (Å²) in [6.07, 6.45) is -1.73. The second kappa shape index (κ2) is 6.81. The van der Waals surface area contributed by atoms with Crippen LogP contribution in [0.2, 0.25) is 0 Å². The van der Waals surface area contributed by atoms with Crippen molar-refractivity contribution in [3.8, 4) is 0 Å². The van der Waals surface area contributed by atoms with E-state index in [1.165, 1.54) is 4.68 Å². The van der Waals surface area contributed by atoms with E-state index in [-0.39, 0.29) is 24.3 Å². The molecule has 0 aliphatic carbocycles. The average molecular weight is 370 g/mol. The molecule has 0 aromatic carbocycles. The highest BCUT2D eigenvalue weighted by molar-refractivity contribution is 5.76. The maximum Gasteiger partial charge on any atom is 0.421 e. The zero-order valence-corrected chi connectivity index (χ0v) is 14.1. The van der Waals surface area contributed by atoms with Crippen molar-refractivity contribution in [3.05, 3.63) is 23.7 Å². The Morgan fingerprint density at radius 1 is 1.42 bits per heavy atom. The van der Waals surface area contributed by atoms with Crippen molar-refractivity contribution in [1.82, 2.24) is 19.7 Å². The molecule has 2 aromatic rings. The maximum atomic E-state index is 13.0. The van der Waals surface area contributed by atoms with Crippen LogP contribution in [0.25, 0.3) is 0 Å². The van der Waals surface area contributed by atoms with Gasteiger partial charge in [0, 0.05) is 25.4 Å². The van der Waals surface area contributed by atoms with Gasteiger partial charge in [0.25, 0.3) is 0 Å². The molecule has 0 spiro atoms. The van der Waals surface area contributed by atoms with Crippen molar-refractivity contribution >= 4 is 23.4 Å². The molecule has 1 saturated heterocycles. The molecular weight excluding hydrogens is 353 g/mol. The van der Waals surface area contributed by atoms with Crippen LogP contribution in [0.3, 0.4) is 0 Å². The Morgan fingerprint density at radius 3 is 2.81 bits per heavy atom. The Balaban J connectivity index is 1.86. The number of ether oxygens (including phenoxy) is 1. The van der Waals surface area contributed by atoms with Crippen molar-refractivity contribution in [2.75, 3.05) is 23.8 Å². The van der Waals surface area contributed by atoms with Gasteiger partial charge < -0.3 is 15.4 Å². The Labute approximate surface area is 146 Å². The molecule has 140 valence electrons. The standard InChI is InChI=1S/C15H17F3N6O2/c1-3-19-12-9(15(16,17)18)6-20-14(22-12)21-10-7-24(23-8(10)2)11-4-5-26-13(11)25/h6-7,11H,3-5H2,1-2H3,(H2,19,20,21,22). The first-order valence-electron chi connectivity index (χ1n) is 7.97. The third-order valence-electron chi connectivity index (χ3n) is 3.83. The minimum absolute atomic E-state index is 0.00871. The number of nitrogens with one attached hydrogen (secondary N) is 2. The number of carbonyl (C=O) groups excluding carboxylic acids is 1. The van der Waals surface area contributed by atoms with Gasteiger partial charge in [-0.3, -0.25) is 4.68 Å². The van der Waals surface area contributed by atoms with Gasteiger partial charge in [0.15, 0.2) is 6.04 Å². The zero-order valence-electron chi connectivity index (χ0n) is 14.1. The number of nitrogens with zero attached hydrogens (tertiary/aromatic N) is 4. The van der Waals surface area contributed by atoms with E-state index < -0.39 is 17.8 Å². The van der Waals surface area contributed by atoms with Gasteiger partial charge in [-0.1, -0.05) is 0 Å². The third-order valence-corrected chi connectivity index (χ3v) is 3.83. The number of cyclic esters (lactones) is 1. The second-order valence-electron chi connectivity index (χ2n) is 5.69. The van der Waals surface area contributed by atoms with Gasteiger partial charge in [-0.25, -0.2) is 9.78 Å². The van der Waals surface area contributed by atoms with E-state index in [2.05, 4.69) is 25.7 Å². The molecule has 11 heteroatoms. The van der Waals surface area contributed by atoms with Crippen LogP contribution < -0.4 is 10.6 Å². The number of aryl methyl sites for hydroxylation is 1. The molecule has 0 saturated carbocycles. The van der Waals surface area contributed by atoms with Crippen LogP contribution in [0.15, 0.2) is 12.4 Å². The van der Waals surface area contributed by atoms with Crippen molar-refractivity contribution in [2.24, 2.45) is 0 Å². The van der Waals surface area contributed by atoms with Gasteiger partial charge in [0.2, 0.25) is 5.95 Å². The molecule has 1 aliphatic rings. The van der Waals surface area contributed by atoms with E-state index >= 15 is 0 Å². The van der Waals surface area contributed by atoms with E-state index in [0.29, 0.717) is 24.4 Å². The van der Waals surface area contributed by atoms with E-state index in [4.69, 9.17) is 4.74 Å². The predicted molar refractivity (Wildman–Crippen MR) is 86.1 cm³/mol. The molecule has 0 bridgehead atoms. The Kier molecular flexibility index (Phi) is 4.70.